The Bertz CT molecular complexity index is 603. The summed E-state index contributed by atoms with van der Waals surface area (Å²) in [6, 6.07) is 9.40. The van der Waals surface area contributed by atoms with E-state index in [0.717, 1.165) is 16.8 Å². The topological polar surface area (TPSA) is 75.4 Å². The summed E-state index contributed by atoms with van der Waals surface area (Å²) in [6.45, 7) is 5.40. The van der Waals surface area contributed by atoms with Gasteiger partial charge in [0.2, 0.25) is 5.91 Å². The van der Waals surface area contributed by atoms with Crippen LogP contribution in [0, 0.1) is 13.8 Å². The second kappa shape index (κ2) is 7.22. The normalized spacial score (nSPS) is 13.6. The van der Waals surface area contributed by atoms with Gasteiger partial charge >= 0.3 is 0 Å². The maximum absolute atomic E-state index is 12.1. The van der Waals surface area contributed by atoms with E-state index in [2.05, 4.69) is 10.5 Å². The lowest BCUT2D eigenvalue weighted by Gasteiger charge is -2.20. The first-order valence-electron chi connectivity index (χ1n) is 7.40. The van der Waals surface area contributed by atoms with Crippen molar-refractivity contribution in [3.05, 3.63) is 52.9 Å². The molecule has 2 aromatic rings. The molecule has 1 aromatic heterocycles. The molecule has 5 nitrogen and oxygen atoms in total. The quantitative estimate of drug-likeness (QED) is 0.855. The number of carbonyl (C=O) groups is 1. The summed E-state index contributed by atoms with van der Waals surface area (Å²) in [4.78, 5) is 12.1. The molecule has 118 valence electrons. The minimum absolute atomic E-state index is 0.144. The lowest BCUT2D eigenvalue weighted by atomic mass is 10.0. The van der Waals surface area contributed by atoms with Gasteiger partial charge in [0.1, 0.15) is 5.76 Å². The Morgan fingerprint density at radius 3 is 2.59 bits per heavy atom. The number of amides is 1. The first kappa shape index (κ1) is 16.2. The van der Waals surface area contributed by atoms with Crippen LogP contribution in [0.25, 0.3) is 0 Å². The molecular formula is C17H22N2O3. The number of nitrogens with zero attached hydrogens (tertiary/aromatic N) is 1. The maximum atomic E-state index is 12.1. The van der Waals surface area contributed by atoms with Gasteiger partial charge in [0.05, 0.1) is 24.3 Å². The number of benzene rings is 1. The predicted octanol–water partition coefficient (Wildman–Crippen LogP) is 1.94. The van der Waals surface area contributed by atoms with Crippen LogP contribution in [0.5, 0.6) is 0 Å². The van der Waals surface area contributed by atoms with Gasteiger partial charge in [-0.25, -0.2) is 0 Å². The van der Waals surface area contributed by atoms with Gasteiger partial charge in [-0.15, -0.1) is 0 Å². The number of carbonyl (C=O) groups excluding carboxylic acids is 1. The van der Waals surface area contributed by atoms with Gasteiger partial charge in [0, 0.05) is 12.0 Å². The molecule has 1 amide bonds. The fourth-order valence-electron chi connectivity index (χ4n) is 2.35. The molecule has 1 aromatic carbocycles. The number of aliphatic hydroxyl groups excluding tert-OH is 1. The molecular weight excluding hydrogens is 280 g/mol. The average molecular weight is 302 g/mol. The van der Waals surface area contributed by atoms with Crippen LogP contribution in [0.3, 0.4) is 0 Å². The fourth-order valence-corrected chi connectivity index (χ4v) is 2.35. The number of aliphatic hydroxyl groups is 1. The molecule has 2 rings (SSSR count). The van der Waals surface area contributed by atoms with Gasteiger partial charge < -0.3 is 14.9 Å². The van der Waals surface area contributed by atoms with E-state index < -0.39 is 6.10 Å². The highest BCUT2D eigenvalue weighted by atomic mass is 16.5. The van der Waals surface area contributed by atoms with Gasteiger partial charge in [-0.1, -0.05) is 35.5 Å². The van der Waals surface area contributed by atoms with E-state index in [1.165, 1.54) is 0 Å². The molecule has 0 spiro atoms. The fraction of sp³-hybridized carbons (Fsp3) is 0.412. The van der Waals surface area contributed by atoms with Gasteiger partial charge in [-0.2, -0.15) is 0 Å². The Morgan fingerprint density at radius 2 is 2.00 bits per heavy atom. The van der Waals surface area contributed by atoms with Crippen molar-refractivity contribution in [1.29, 1.82) is 0 Å². The van der Waals surface area contributed by atoms with Crippen LogP contribution in [-0.2, 0) is 17.6 Å². The van der Waals surface area contributed by atoms with E-state index in [0.29, 0.717) is 12.2 Å². The second-order valence-corrected chi connectivity index (χ2v) is 5.59. The minimum atomic E-state index is -0.629. The largest absolute Gasteiger partial charge is 0.391 e. The summed E-state index contributed by atoms with van der Waals surface area (Å²) in [7, 11) is 0. The average Bonchev–Trinajstić information content (AvgIpc) is 2.80. The van der Waals surface area contributed by atoms with Crippen molar-refractivity contribution in [3.63, 3.8) is 0 Å². The summed E-state index contributed by atoms with van der Waals surface area (Å²) < 4.78 is 5.05. The molecule has 0 saturated heterocycles. The highest BCUT2D eigenvalue weighted by Crippen LogP contribution is 2.13. The second-order valence-electron chi connectivity index (χ2n) is 5.59. The Hall–Kier alpha value is -2.14. The molecule has 22 heavy (non-hydrogen) atoms. The Balaban J connectivity index is 1.88. The van der Waals surface area contributed by atoms with Gasteiger partial charge in [-0.05, 0) is 26.3 Å². The minimum Gasteiger partial charge on any atom is -0.391 e. The Morgan fingerprint density at radius 1 is 1.32 bits per heavy atom. The summed E-state index contributed by atoms with van der Waals surface area (Å²) >= 11 is 0. The lowest BCUT2D eigenvalue weighted by molar-refractivity contribution is -0.121. The van der Waals surface area contributed by atoms with Crippen LogP contribution in [0.15, 0.2) is 34.9 Å². The number of aryl methyl sites for hydroxylation is 2. The van der Waals surface area contributed by atoms with Crippen LogP contribution in [-0.4, -0.2) is 28.3 Å². The highest BCUT2D eigenvalue weighted by molar-refractivity contribution is 5.79. The SMILES string of the molecule is Cc1noc(C)c1CC(=O)NC(C)C(O)Cc1ccccc1. The molecule has 1 heterocycles. The number of aromatic nitrogens is 1. The van der Waals surface area contributed by atoms with Crippen LogP contribution in [0.1, 0.15) is 29.5 Å². The van der Waals surface area contributed by atoms with E-state index >= 15 is 0 Å². The molecule has 2 unspecified atom stereocenters. The lowest BCUT2D eigenvalue weighted by Crippen LogP contribution is -2.42. The van der Waals surface area contributed by atoms with Crippen LogP contribution in [0.2, 0.25) is 0 Å². The number of rotatable bonds is 6. The molecule has 5 heteroatoms. The molecule has 0 bridgehead atoms. The Kier molecular flexibility index (Phi) is 5.33. The zero-order chi connectivity index (χ0) is 16.1. The number of hydrogen-bond donors (Lipinski definition) is 2. The molecule has 0 aliphatic heterocycles. The van der Waals surface area contributed by atoms with Gasteiger partial charge in [-0.3, -0.25) is 4.79 Å². The molecule has 2 N–H and O–H groups in total. The van der Waals surface area contributed by atoms with Crippen LogP contribution in [0.4, 0.5) is 0 Å². The van der Waals surface area contributed by atoms with Crippen molar-refractivity contribution in [2.24, 2.45) is 0 Å². The zero-order valence-corrected chi connectivity index (χ0v) is 13.2. The predicted molar refractivity (Wildman–Crippen MR) is 83.4 cm³/mol. The van der Waals surface area contributed by atoms with Crippen molar-refractivity contribution in [3.8, 4) is 0 Å². The third-order valence-corrected chi connectivity index (χ3v) is 3.77. The Labute approximate surface area is 130 Å². The van der Waals surface area contributed by atoms with Crippen molar-refractivity contribution in [2.75, 3.05) is 0 Å². The third kappa shape index (κ3) is 4.18. The van der Waals surface area contributed by atoms with E-state index in [1.807, 2.05) is 37.3 Å². The van der Waals surface area contributed by atoms with E-state index in [9.17, 15) is 9.90 Å². The van der Waals surface area contributed by atoms with Crippen molar-refractivity contribution < 1.29 is 14.4 Å². The molecule has 2 atom stereocenters. The maximum Gasteiger partial charge on any atom is 0.224 e. The van der Waals surface area contributed by atoms with Gasteiger partial charge in [0.25, 0.3) is 0 Å². The summed E-state index contributed by atoms with van der Waals surface area (Å²) in [5.41, 5.74) is 2.58. The molecule has 0 radical (unpaired) electrons. The summed E-state index contributed by atoms with van der Waals surface area (Å²) in [5, 5.41) is 16.9. The summed E-state index contributed by atoms with van der Waals surface area (Å²) in [6.07, 6.45) is 0.0907. The van der Waals surface area contributed by atoms with Crippen molar-refractivity contribution in [1.82, 2.24) is 10.5 Å². The van der Waals surface area contributed by atoms with E-state index in [-0.39, 0.29) is 18.4 Å². The first-order valence-corrected chi connectivity index (χ1v) is 7.40. The van der Waals surface area contributed by atoms with Crippen LogP contribution >= 0.6 is 0 Å². The number of nitrogens with one attached hydrogen (secondary N) is 1. The van der Waals surface area contributed by atoms with Gasteiger partial charge in [0.15, 0.2) is 0 Å². The molecule has 0 aliphatic rings. The van der Waals surface area contributed by atoms with Crippen molar-refractivity contribution in [2.45, 2.75) is 45.8 Å². The smallest absolute Gasteiger partial charge is 0.224 e. The molecule has 0 aliphatic carbocycles. The monoisotopic (exact) mass is 302 g/mol. The van der Waals surface area contributed by atoms with Crippen molar-refractivity contribution >= 4 is 5.91 Å². The highest BCUT2D eigenvalue weighted by Gasteiger charge is 2.19. The first-order chi connectivity index (χ1) is 10.5. The third-order valence-electron chi connectivity index (χ3n) is 3.77. The zero-order valence-electron chi connectivity index (χ0n) is 13.2. The molecule has 0 saturated carbocycles. The van der Waals surface area contributed by atoms with Crippen LogP contribution < -0.4 is 5.32 Å². The number of hydrogen-bond acceptors (Lipinski definition) is 4. The summed E-state index contributed by atoms with van der Waals surface area (Å²) in [5.74, 6) is 0.513. The van der Waals surface area contributed by atoms with E-state index in [4.69, 9.17) is 4.52 Å². The standard InChI is InChI=1S/C17H22N2O3/c1-11-15(13(3)22-19-11)10-17(21)18-12(2)16(20)9-14-7-5-4-6-8-14/h4-8,12,16,20H,9-10H2,1-3H3,(H,18,21). The van der Waals surface area contributed by atoms with E-state index in [1.54, 1.807) is 13.8 Å². The molecule has 0 fully saturated rings.